The third-order valence-electron chi connectivity index (χ3n) is 3.78. The molecule has 0 heterocycles. The second-order valence-corrected chi connectivity index (χ2v) is 6.38. The lowest BCUT2D eigenvalue weighted by atomic mass is 10.1. The Bertz CT molecular complexity index is 484. The zero-order chi connectivity index (χ0) is 15.5. The quantitative estimate of drug-likeness (QED) is 0.809. The summed E-state index contributed by atoms with van der Waals surface area (Å²) in [6, 6.07) is 8.30. The van der Waals surface area contributed by atoms with Crippen molar-refractivity contribution >= 4 is 18.3 Å². The van der Waals surface area contributed by atoms with Crippen molar-refractivity contribution in [2.24, 2.45) is 5.73 Å². The number of carbonyl (C=O) groups excluding carboxylic acids is 1. The average Bonchev–Trinajstić information content (AvgIpc) is 3.17. The Hall–Kier alpha value is -1.26. The lowest BCUT2D eigenvalue weighted by molar-refractivity contribution is -0.123. The van der Waals surface area contributed by atoms with Gasteiger partial charge >= 0.3 is 0 Å². The first-order valence-corrected chi connectivity index (χ1v) is 7.74. The predicted molar refractivity (Wildman–Crippen MR) is 91.5 cm³/mol. The molecular weight excluding hydrogens is 300 g/mol. The number of benzene rings is 1. The number of hydrogen-bond donors (Lipinski definition) is 2. The number of ether oxygens (including phenoxy) is 1. The summed E-state index contributed by atoms with van der Waals surface area (Å²) in [5.41, 5.74) is 6.55. The number of carbonyl (C=O) groups is 1. The standard InChI is InChI=1S/C17H26N2O2.ClH/c1-12(2)21-15-8-6-14(7-9-15)5-4-13(3)19-16(20)17(18)10-11-17;/h6-9,12-13H,4-5,10-11,18H2,1-3H3,(H,19,20);1H. The SMILES string of the molecule is CC(CCc1ccc(OC(C)C)cc1)NC(=O)C1(N)CC1.Cl. The molecule has 1 fully saturated rings. The van der Waals surface area contributed by atoms with Crippen molar-refractivity contribution in [1.82, 2.24) is 5.32 Å². The van der Waals surface area contributed by atoms with Gasteiger partial charge in [0.1, 0.15) is 5.75 Å². The van der Waals surface area contributed by atoms with Crippen molar-refractivity contribution in [2.75, 3.05) is 0 Å². The molecule has 1 aromatic rings. The van der Waals surface area contributed by atoms with Gasteiger partial charge in [0.05, 0.1) is 11.6 Å². The topological polar surface area (TPSA) is 64.3 Å². The molecule has 0 radical (unpaired) electrons. The number of hydrogen-bond acceptors (Lipinski definition) is 3. The molecule has 1 aliphatic carbocycles. The van der Waals surface area contributed by atoms with Crippen molar-refractivity contribution in [2.45, 2.75) is 64.1 Å². The molecule has 1 amide bonds. The van der Waals surface area contributed by atoms with E-state index in [9.17, 15) is 4.79 Å². The summed E-state index contributed by atoms with van der Waals surface area (Å²) < 4.78 is 5.62. The number of halogens is 1. The Morgan fingerprint density at radius 3 is 2.36 bits per heavy atom. The van der Waals surface area contributed by atoms with Crippen LogP contribution >= 0.6 is 12.4 Å². The van der Waals surface area contributed by atoms with Crippen molar-refractivity contribution in [3.63, 3.8) is 0 Å². The summed E-state index contributed by atoms with van der Waals surface area (Å²) in [6.07, 6.45) is 3.65. The summed E-state index contributed by atoms with van der Waals surface area (Å²) in [4.78, 5) is 11.8. The second kappa shape index (κ2) is 7.84. The van der Waals surface area contributed by atoms with Crippen LogP contribution in [0.15, 0.2) is 24.3 Å². The van der Waals surface area contributed by atoms with Crippen molar-refractivity contribution < 1.29 is 9.53 Å². The first-order chi connectivity index (χ1) is 9.89. The van der Waals surface area contributed by atoms with Crippen LogP contribution in [-0.4, -0.2) is 23.6 Å². The second-order valence-electron chi connectivity index (χ2n) is 6.38. The van der Waals surface area contributed by atoms with Gasteiger partial charge in [0, 0.05) is 6.04 Å². The molecule has 1 unspecified atom stereocenters. The van der Waals surface area contributed by atoms with E-state index in [1.165, 1.54) is 5.56 Å². The van der Waals surface area contributed by atoms with Crippen LogP contribution in [0, 0.1) is 0 Å². The van der Waals surface area contributed by atoms with Crippen LogP contribution in [0.5, 0.6) is 5.75 Å². The fourth-order valence-corrected chi connectivity index (χ4v) is 2.19. The van der Waals surface area contributed by atoms with E-state index in [2.05, 4.69) is 17.4 Å². The van der Waals surface area contributed by atoms with E-state index in [0.29, 0.717) is 0 Å². The molecule has 124 valence electrons. The van der Waals surface area contributed by atoms with Gasteiger partial charge in [-0.3, -0.25) is 4.79 Å². The fourth-order valence-electron chi connectivity index (χ4n) is 2.19. The van der Waals surface area contributed by atoms with Crippen LogP contribution in [0.2, 0.25) is 0 Å². The van der Waals surface area contributed by atoms with Crippen LogP contribution in [0.25, 0.3) is 0 Å². The van der Waals surface area contributed by atoms with Gasteiger partial charge in [0.25, 0.3) is 0 Å². The average molecular weight is 327 g/mol. The third-order valence-corrected chi connectivity index (χ3v) is 3.78. The largest absolute Gasteiger partial charge is 0.491 e. The number of nitrogens with one attached hydrogen (secondary N) is 1. The zero-order valence-corrected chi connectivity index (χ0v) is 14.4. The molecule has 0 spiro atoms. The highest BCUT2D eigenvalue weighted by molar-refractivity contribution is 5.89. The minimum absolute atomic E-state index is 0. The monoisotopic (exact) mass is 326 g/mol. The van der Waals surface area contributed by atoms with Gasteiger partial charge in [-0.1, -0.05) is 12.1 Å². The lowest BCUT2D eigenvalue weighted by Gasteiger charge is -2.17. The minimum Gasteiger partial charge on any atom is -0.491 e. The highest BCUT2D eigenvalue weighted by Gasteiger charge is 2.46. The van der Waals surface area contributed by atoms with Gasteiger partial charge in [-0.25, -0.2) is 0 Å². The third kappa shape index (κ3) is 5.50. The van der Waals surface area contributed by atoms with Gasteiger partial charge in [-0.2, -0.15) is 0 Å². The number of nitrogens with two attached hydrogens (primary N) is 1. The molecular formula is C17H27ClN2O2. The zero-order valence-electron chi connectivity index (χ0n) is 13.6. The molecule has 2 rings (SSSR count). The Balaban J connectivity index is 0.00000242. The maximum atomic E-state index is 11.8. The summed E-state index contributed by atoms with van der Waals surface area (Å²) in [5, 5.41) is 3.00. The van der Waals surface area contributed by atoms with Gasteiger partial charge in [-0.15, -0.1) is 12.4 Å². The molecule has 0 saturated heterocycles. The first kappa shape index (κ1) is 18.8. The molecule has 3 N–H and O–H groups in total. The summed E-state index contributed by atoms with van der Waals surface area (Å²) in [7, 11) is 0. The highest BCUT2D eigenvalue weighted by Crippen LogP contribution is 2.32. The van der Waals surface area contributed by atoms with Crippen LogP contribution in [0.4, 0.5) is 0 Å². The predicted octanol–water partition coefficient (Wildman–Crippen LogP) is 2.82. The van der Waals surface area contributed by atoms with E-state index in [1.54, 1.807) is 0 Å². The molecule has 22 heavy (non-hydrogen) atoms. The molecule has 1 saturated carbocycles. The van der Waals surface area contributed by atoms with Crippen molar-refractivity contribution in [1.29, 1.82) is 0 Å². The van der Waals surface area contributed by atoms with E-state index >= 15 is 0 Å². The van der Waals surface area contributed by atoms with E-state index in [4.69, 9.17) is 10.5 Å². The first-order valence-electron chi connectivity index (χ1n) is 7.74. The van der Waals surface area contributed by atoms with Crippen LogP contribution in [0.3, 0.4) is 0 Å². The normalized spacial score (nSPS) is 16.6. The Labute approximate surface area is 139 Å². The number of aryl methyl sites for hydroxylation is 1. The lowest BCUT2D eigenvalue weighted by Crippen LogP contribution is -2.46. The summed E-state index contributed by atoms with van der Waals surface area (Å²) in [6.45, 7) is 6.06. The maximum Gasteiger partial charge on any atom is 0.240 e. The van der Waals surface area contributed by atoms with E-state index in [-0.39, 0.29) is 30.5 Å². The maximum absolute atomic E-state index is 11.8. The van der Waals surface area contributed by atoms with Gasteiger partial charge in [0.15, 0.2) is 0 Å². The van der Waals surface area contributed by atoms with E-state index in [1.807, 2.05) is 32.9 Å². The number of rotatable bonds is 7. The van der Waals surface area contributed by atoms with Gasteiger partial charge in [0.2, 0.25) is 5.91 Å². The van der Waals surface area contributed by atoms with Gasteiger partial charge < -0.3 is 15.8 Å². The number of amides is 1. The molecule has 0 aromatic heterocycles. The smallest absolute Gasteiger partial charge is 0.240 e. The van der Waals surface area contributed by atoms with Crippen LogP contribution in [0.1, 0.15) is 45.6 Å². The highest BCUT2D eigenvalue weighted by atomic mass is 35.5. The van der Waals surface area contributed by atoms with Crippen molar-refractivity contribution in [3.05, 3.63) is 29.8 Å². The fraction of sp³-hybridized carbons (Fsp3) is 0.588. The van der Waals surface area contributed by atoms with Crippen LogP contribution in [-0.2, 0) is 11.2 Å². The Kier molecular flexibility index (Phi) is 6.69. The molecule has 0 aliphatic heterocycles. The molecule has 0 bridgehead atoms. The molecule has 1 atom stereocenters. The van der Waals surface area contributed by atoms with Crippen LogP contribution < -0.4 is 15.8 Å². The van der Waals surface area contributed by atoms with E-state index < -0.39 is 5.54 Å². The molecule has 1 aliphatic rings. The molecule has 1 aromatic carbocycles. The minimum atomic E-state index is -0.579. The Morgan fingerprint density at radius 1 is 1.27 bits per heavy atom. The Morgan fingerprint density at radius 2 is 1.86 bits per heavy atom. The molecule has 5 heteroatoms. The van der Waals surface area contributed by atoms with Crippen molar-refractivity contribution in [3.8, 4) is 5.75 Å². The van der Waals surface area contributed by atoms with E-state index in [0.717, 1.165) is 31.4 Å². The molecule has 4 nitrogen and oxygen atoms in total. The van der Waals surface area contributed by atoms with Gasteiger partial charge in [-0.05, 0) is 64.2 Å². The summed E-state index contributed by atoms with van der Waals surface area (Å²) in [5.74, 6) is 0.893. The summed E-state index contributed by atoms with van der Waals surface area (Å²) >= 11 is 0.